The Labute approximate surface area is 114 Å². The first-order valence-corrected chi connectivity index (χ1v) is 7.34. The normalized spacial score (nSPS) is 35.6. The molecule has 0 spiro atoms. The highest BCUT2D eigenvalue weighted by atomic mass is 16.4. The van der Waals surface area contributed by atoms with Gasteiger partial charge in [-0.05, 0) is 38.1 Å². The van der Waals surface area contributed by atoms with Crippen LogP contribution in [-0.2, 0) is 9.59 Å². The van der Waals surface area contributed by atoms with Gasteiger partial charge in [0.25, 0.3) is 0 Å². The fourth-order valence-electron chi connectivity index (χ4n) is 3.19. The Morgan fingerprint density at radius 2 is 1.95 bits per heavy atom. The lowest BCUT2D eigenvalue weighted by atomic mass is 9.84. The molecular weight excluding hydrogens is 244 g/mol. The van der Waals surface area contributed by atoms with E-state index < -0.39 is 11.9 Å². The third-order valence-corrected chi connectivity index (χ3v) is 4.39. The maximum atomic E-state index is 12.2. The lowest BCUT2D eigenvalue weighted by molar-refractivity contribution is -0.144. The lowest BCUT2D eigenvalue weighted by Crippen LogP contribution is -2.53. The number of rotatable bonds is 3. The van der Waals surface area contributed by atoms with Crippen molar-refractivity contribution in [2.75, 3.05) is 6.54 Å². The molecule has 1 amide bonds. The molecule has 19 heavy (non-hydrogen) atoms. The second kappa shape index (κ2) is 6.37. The van der Waals surface area contributed by atoms with E-state index in [0.29, 0.717) is 12.3 Å². The molecule has 0 bridgehead atoms. The fourth-order valence-corrected chi connectivity index (χ4v) is 3.19. The van der Waals surface area contributed by atoms with E-state index in [9.17, 15) is 14.7 Å². The summed E-state index contributed by atoms with van der Waals surface area (Å²) < 4.78 is 0. The lowest BCUT2D eigenvalue weighted by Gasteiger charge is -2.33. The molecule has 2 rings (SSSR count). The first-order chi connectivity index (χ1) is 9.08. The van der Waals surface area contributed by atoms with E-state index in [1.54, 1.807) is 0 Å². The summed E-state index contributed by atoms with van der Waals surface area (Å²) in [5, 5.41) is 15.4. The number of piperidine rings is 1. The number of carbonyl (C=O) groups is 2. The van der Waals surface area contributed by atoms with Crippen molar-refractivity contribution in [1.29, 1.82) is 0 Å². The van der Waals surface area contributed by atoms with Crippen LogP contribution in [0.25, 0.3) is 0 Å². The van der Waals surface area contributed by atoms with E-state index in [1.165, 1.54) is 0 Å². The zero-order chi connectivity index (χ0) is 13.8. The van der Waals surface area contributed by atoms with Gasteiger partial charge in [-0.15, -0.1) is 0 Å². The van der Waals surface area contributed by atoms with Crippen LogP contribution < -0.4 is 10.6 Å². The van der Waals surface area contributed by atoms with Crippen molar-refractivity contribution in [3.05, 3.63) is 0 Å². The molecule has 0 aromatic carbocycles. The minimum absolute atomic E-state index is 0.0234. The van der Waals surface area contributed by atoms with Crippen LogP contribution in [0.5, 0.6) is 0 Å². The summed E-state index contributed by atoms with van der Waals surface area (Å²) >= 11 is 0. The molecule has 5 nitrogen and oxygen atoms in total. The Balaban J connectivity index is 1.91. The number of hydrogen-bond acceptors (Lipinski definition) is 3. The second-order valence-corrected chi connectivity index (χ2v) is 5.98. The van der Waals surface area contributed by atoms with E-state index in [-0.39, 0.29) is 18.0 Å². The number of carboxylic acids is 1. The Morgan fingerprint density at radius 3 is 2.63 bits per heavy atom. The summed E-state index contributed by atoms with van der Waals surface area (Å²) in [7, 11) is 0. The van der Waals surface area contributed by atoms with Crippen LogP contribution in [0.1, 0.15) is 45.4 Å². The van der Waals surface area contributed by atoms with Crippen molar-refractivity contribution in [3.8, 4) is 0 Å². The summed E-state index contributed by atoms with van der Waals surface area (Å²) in [5.74, 6) is -0.669. The number of nitrogens with one attached hydrogen (secondary N) is 2. The third-order valence-electron chi connectivity index (χ3n) is 4.39. The molecule has 108 valence electrons. The van der Waals surface area contributed by atoms with Gasteiger partial charge >= 0.3 is 5.97 Å². The van der Waals surface area contributed by atoms with Crippen molar-refractivity contribution < 1.29 is 14.7 Å². The highest BCUT2D eigenvalue weighted by Crippen LogP contribution is 2.25. The molecule has 0 aromatic rings. The molecule has 2 aliphatic rings. The van der Waals surface area contributed by atoms with Crippen molar-refractivity contribution >= 4 is 11.9 Å². The average molecular weight is 268 g/mol. The van der Waals surface area contributed by atoms with E-state index >= 15 is 0 Å². The number of carbonyl (C=O) groups excluding carboxylic acids is 1. The Bertz CT molecular complexity index is 346. The molecule has 1 aliphatic carbocycles. The zero-order valence-corrected chi connectivity index (χ0v) is 11.5. The van der Waals surface area contributed by atoms with Gasteiger partial charge in [-0.3, -0.25) is 9.59 Å². The molecule has 1 saturated carbocycles. The molecule has 4 unspecified atom stereocenters. The molecule has 5 heteroatoms. The minimum Gasteiger partial charge on any atom is -0.481 e. The minimum atomic E-state index is -0.782. The van der Waals surface area contributed by atoms with Gasteiger partial charge < -0.3 is 15.7 Å². The molecule has 1 saturated heterocycles. The van der Waals surface area contributed by atoms with Gasteiger partial charge in [-0.25, -0.2) is 0 Å². The molecule has 2 fully saturated rings. The highest BCUT2D eigenvalue weighted by molar-refractivity contribution is 5.83. The van der Waals surface area contributed by atoms with Gasteiger partial charge in [0.2, 0.25) is 5.91 Å². The van der Waals surface area contributed by atoms with Crippen molar-refractivity contribution in [1.82, 2.24) is 10.6 Å². The largest absolute Gasteiger partial charge is 0.481 e. The number of aliphatic carboxylic acids is 1. The number of hydrogen-bond donors (Lipinski definition) is 3. The van der Waals surface area contributed by atoms with Gasteiger partial charge in [0.15, 0.2) is 0 Å². The van der Waals surface area contributed by atoms with Crippen LogP contribution in [0.3, 0.4) is 0 Å². The summed E-state index contributed by atoms with van der Waals surface area (Å²) in [5.41, 5.74) is 0. The molecule has 1 aliphatic heterocycles. The Kier molecular flexibility index (Phi) is 4.80. The van der Waals surface area contributed by atoms with Crippen molar-refractivity contribution in [3.63, 3.8) is 0 Å². The van der Waals surface area contributed by atoms with Crippen LogP contribution in [0.4, 0.5) is 0 Å². The molecule has 0 aromatic heterocycles. The first-order valence-electron chi connectivity index (χ1n) is 7.34. The van der Waals surface area contributed by atoms with E-state index in [2.05, 4.69) is 17.6 Å². The SMILES string of the molecule is CC1CCNC(C(=O)NC2CCCCC2C(=O)O)C1. The van der Waals surface area contributed by atoms with Crippen LogP contribution in [0, 0.1) is 11.8 Å². The zero-order valence-electron chi connectivity index (χ0n) is 11.5. The smallest absolute Gasteiger partial charge is 0.308 e. The molecule has 3 N–H and O–H groups in total. The van der Waals surface area contributed by atoms with Gasteiger partial charge in [0.1, 0.15) is 0 Å². The monoisotopic (exact) mass is 268 g/mol. The van der Waals surface area contributed by atoms with E-state index in [1.807, 2.05) is 0 Å². The topological polar surface area (TPSA) is 78.4 Å². The summed E-state index contributed by atoms with van der Waals surface area (Å²) in [4.78, 5) is 23.4. The van der Waals surface area contributed by atoms with Crippen molar-refractivity contribution in [2.45, 2.75) is 57.5 Å². The Hall–Kier alpha value is -1.10. The van der Waals surface area contributed by atoms with Crippen LogP contribution in [0.2, 0.25) is 0 Å². The van der Waals surface area contributed by atoms with Gasteiger partial charge in [-0.1, -0.05) is 19.8 Å². The third kappa shape index (κ3) is 3.69. The first kappa shape index (κ1) is 14.3. The predicted molar refractivity (Wildman–Crippen MR) is 71.7 cm³/mol. The summed E-state index contributed by atoms with van der Waals surface area (Å²) in [6, 6.07) is -0.349. The average Bonchev–Trinajstić information content (AvgIpc) is 2.39. The molecule has 1 heterocycles. The van der Waals surface area contributed by atoms with Crippen molar-refractivity contribution in [2.24, 2.45) is 11.8 Å². The quantitative estimate of drug-likeness (QED) is 0.717. The Morgan fingerprint density at radius 1 is 1.21 bits per heavy atom. The summed E-state index contributed by atoms with van der Waals surface area (Å²) in [6.07, 6.45) is 5.35. The maximum absolute atomic E-state index is 12.2. The summed E-state index contributed by atoms with van der Waals surface area (Å²) in [6.45, 7) is 3.02. The van der Waals surface area contributed by atoms with Crippen LogP contribution in [-0.4, -0.2) is 35.6 Å². The van der Waals surface area contributed by atoms with Gasteiger partial charge in [0.05, 0.1) is 12.0 Å². The predicted octanol–water partition coefficient (Wildman–Crippen LogP) is 1.13. The maximum Gasteiger partial charge on any atom is 0.308 e. The molecular formula is C14H24N2O3. The van der Waals surface area contributed by atoms with E-state index in [0.717, 1.165) is 38.6 Å². The van der Waals surface area contributed by atoms with Crippen LogP contribution in [0.15, 0.2) is 0 Å². The van der Waals surface area contributed by atoms with Gasteiger partial charge in [0, 0.05) is 6.04 Å². The van der Waals surface area contributed by atoms with Crippen LogP contribution >= 0.6 is 0 Å². The van der Waals surface area contributed by atoms with E-state index in [4.69, 9.17) is 0 Å². The molecule has 4 atom stereocenters. The second-order valence-electron chi connectivity index (χ2n) is 5.98. The highest BCUT2D eigenvalue weighted by Gasteiger charge is 2.34. The standard InChI is InChI=1S/C14H24N2O3/c1-9-6-7-15-12(8-9)13(17)16-11-5-3-2-4-10(11)14(18)19/h9-12,15H,2-8H2,1H3,(H,16,17)(H,18,19). The molecule has 0 radical (unpaired) electrons. The fraction of sp³-hybridized carbons (Fsp3) is 0.857. The van der Waals surface area contributed by atoms with Gasteiger partial charge in [-0.2, -0.15) is 0 Å². The number of carboxylic acid groups (broad SMARTS) is 1. The number of amides is 1.